The SMILES string of the molecule is CCOCc1cccc(Oc2ccccc2)c1. The van der Waals surface area contributed by atoms with Crippen molar-refractivity contribution >= 4 is 0 Å². The molecule has 0 fully saturated rings. The van der Waals surface area contributed by atoms with Gasteiger partial charge in [0.05, 0.1) is 6.61 Å². The number of benzene rings is 2. The Hall–Kier alpha value is -1.80. The van der Waals surface area contributed by atoms with Gasteiger partial charge >= 0.3 is 0 Å². The van der Waals surface area contributed by atoms with Crippen LogP contribution in [0.2, 0.25) is 0 Å². The van der Waals surface area contributed by atoms with Crippen molar-refractivity contribution in [2.75, 3.05) is 6.61 Å². The van der Waals surface area contributed by atoms with E-state index in [0.717, 1.165) is 23.7 Å². The van der Waals surface area contributed by atoms with Gasteiger partial charge in [0.25, 0.3) is 0 Å². The van der Waals surface area contributed by atoms with Gasteiger partial charge in [-0.25, -0.2) is 0 Å². The molecule has 0 bridgehead atoms. The molecular weight excluding hydrogens is 212 g/mol. The van der Waals surface area contributed by atoms with Gasteiger partial charge in [0.1, 0.15) is 11.5 Å². The normalized spacial score (nSPS) is 10.2. The molecule has 0 radical (unpaired) electrons. The first-order valence-electron chi connectivity index (χ1n) is 5.78. The molecule has 0 aliphatic carbocycles. The molecule has 0 N–H and O–H groups in total. The molecule has 17 heavy (non-hydrogen) atoms. The predicted octanol–water partition coefficient (Wildman–Crippen LogP) is 4.02. The Morgan fingerprint density at radius 2 is 1.65 bits per heavy atom. The van der Waals surface area contributed by atoms with E-state index in [0.29, 0.717) is 6.61 Å². The van der Waals surface area contributed by atoms with Gasteiger partial charge in [0, 0.05) is 6.61 Å². The average Bonchev–Trinajstić information content (AvgIpc) is 2.38. The van der Waals surface area contributed by atoms with Gasteiger partial charge in [-0.15, -0.1) is 0 Å². The fraction of sp³-hybridized carbons (Fsp3) is 0.200. The van der Waals surface area contributed by atoms with Crippen molar-refractivity contribution in [1.82, 2.24) is 0 Å². The maximum Gasteiger partial charge on any atom is 0.127 e. The lowest BCUT2D eigenvalue weighted by Gasteiger charge is -2.07. The second-order valence-electron chi connectivity index (χ2n) is 3.70. The van der Waals surface area contributed by atoms with Crippen molar-refractivity contribution in [2.45, 2.75) is 13.5 Å². The van der Waals surface area contributed by atoms with Gasteiger partial charge in [-0.1, -0.05) is 30.3 Å². The van der Waals surface area contributed by atoms with Gasteiger partial charge in [-0.2, -0.15) is 0 Å². The molecule has 0 atom stereocenters. The van der Waals surface area contributed by atoms with Gasteiger partial charge in [0.2, 0.25) is 0 Å². The molecule has 0 heterocycles. The van der Waals surface area contributed by atoms with Crippen LogP contribution in [-0.4, -0.2) is 6.61 Å². The zero-order valence-electron chi connectivity index (χ0n) is 9.93. The number of ether oxygens (including phenoxy) is 2. The molecule has 0 unspecified atom stereocenters. The van der Waals surface area contributed by atoms with Crippen LogP contribution in [0.1, 0.15) is 12.5 Å². The van der Waals surface area contributed by atoms with E-state index in [1.54, 1.807) is 0 Å². The van der Waals surface area contributed by atoms with E-state index in [1.807, 2.05) is 61.5 Å². The summed E-state index contributed by atoms with van der Waals surface area (Å²) in [7, 11) is 0. The summed E-state index contributed by atoms with van der Waals surface area (Å²) < 4.78 is 11.1. The summed E-state index contributed by atoms with van der Waals surface area (Å²) in [4.78, 5) is 0. The van der Waals surface area contributed by atoms with Crippen LogP contribution in [0.3, 0.4) is 0 Å². The smallest absolute Gasteiger partial charge is 0.127 e. The summed E-state index contributed by atoms with van der Waals surface area (Å²) in [5.41, 5.74) is 1.13. The third-order valence-corrected chi connectivity index (χ3v) is 2.35. The minimum Gasteiger partial charge on any atom is -0.457 e. The molecule has 0 spiro atoms. The molecular formula is C15H16O2. The second-order valence-corrected chi connectivity index (χ2v) is 3.70. The van der Waals surface area contributed by atoms with Crippen LogP contribution in [-0.2, 0) is 11.3 Å². The van der Waals surface area contributed by atoms with Crippen molar-refractivity contribution in [3.05, 3.63) is 60.2 Å². The van der Waals surface area contributed by atoms with Gasteiger partial charge < -0.3 is 9.47 Å². The zero-order chi connectivity index (χ0) is 11.9. The van der Waals surface area contributed by atoms with Crippen molar-refractivity contribution in [1.29, 1.82) is 0 Å². The monoisotopic (exact) mass is 228 g/mol. The van der Waals surface area contributed by atoms with E-state index in [-0.39, 0.29) is 0 Å². The fourth-order valence-corrected chi connectivity index (χ4v) is 1.54. The minimum atomic E-state index is 0.627. The van der Waals surface area contributed by atoms with Crippen LogP contribution >= 0.6 is 0 Å². The minimum absolute atomic E-state index is 0.627. The maximum atomic E-state index is 5.74. The van der Waals surface area contributed by atoms with E-state index in [4.69, 9.17) is 9.47 Å². The summed E-state index contributed by atoms with van der Waals surface area (Å²) in [5, 5.41) is 0. The first-order valence-corrected chi connectivity index (χ1v) is 5.78. The van der Waals surface area contributed by atoms with E-state index < -0.39 is 0 Å². The zero-order valence-corrected chi connectivity index (χ0v) is 9.93. The highest BCUT2D eigenvalue weighted by atomic mass is 16.5. The molecule has 0 aliphatic heterocycles. The summed E-state index contributed by atoms with van der Waals surface area (Å²) in [5.74, 6) is 1.69. The number of rotatable bonds is 5. The lowest BCUT2D eigenvalue weighted by Crippen LogP contribution is -1.92. The molecule has 0 aromatic heterocycles. The largest absolute Gasteiger partial charge is 0.457 e. The molecule has 0 saturated carbocycles. The Kier molecular flexibility index (Phi) is 4.17. The summed E-state index contributed by atoms with van der Waals surface area (Å²) in [6, 6.07) is 17.7. The Labute approximate surface area is 102 Å². The molecule has 2 heteroatoms. The van der Waals surface area contributed by atoms with Crippen LogP contribution in [0.25, 0.3) is 0 Å². The average molecular weight is 228 g/mol. The topological polar surface area (TPSA) is 18.5 Å². The van der Waals surface area contributed by atoms with Crippen molar-refractivity contribution in [2.24, 2.45) is 0 Å². The first-order chi connectivity index (χ1) is 8.38. The maximum absolute atomic E-state index is 5.74. The summed E-state index contributed by atoms with van der Waals surface area (Å²) in [6.07, 6.45) is 0. The Morgan fingerprint density at radius 3 is 2.41 bits per heavy atom. The summed E-state index contributed by atoms with van der Waals surface area (Å²) in [6.45, 7) is 3.34. The molecule has 0 amide bonds. The number of hydrogen-bond donors (Lipinski definition) is 0. The van der Waals surface area contributed by atoms with E-state index >= 15 is 0 Å². The first kappa shape index (κ1) is 11.7. The lowest BCUT2D eigenvalue weighted by molar-refractivity contribution is 0.134. The third kappa shape index (κ3) is 3.61. The fourth-order valence-electron chi connectivity index (χ4n) is 1.54. The summed E-state index contributed by atoms with van der Waals surface area (Å²) >= 11 is 0. The standard InChI is InChI=1S/C15H16O2/c1-2-16-12-13-7-6-10-15(11-13)17-14-8-4-3-5-9-14/h3-11H,2,12H2,1H3. The molecule has 0 aliphatic rings. The molecule has 2 aromatic rings. The van der Waals surface area contributed by atoms with Crippen LogP contribution < -0.4 is 4.74 Å². The predicted molar refractivity (Wildman–Crippen MR) is 68.3 cm³/mol. The molecule has 2 nitrogen and oxygen atoms in total. The van der Waals surface area contributed by atoms with E-state index in [1.165, 1.54) is 0 Å². The van der Waals surface area contributed by atoms with Crippen LogP contribution in [0.15, 0.2) is 54.6 Å². The van der Waals surface area contributed by atoms with Crippen LogP contribution in [0, 0.1) is 0 Å². The number of para-hydroxylation sites is 1. The van der Waals surface area contributed by atoms with Crippen molar-refractivity contribution in [3.63, 3.8) is 0 Å². The molecule has 2 aromatic carbocycles. The molecule has 0 saturated heterocycles. The van der Waals surface area contributed by atoms with E-state index in [9.17, 15) is 0 Å². The number of hydrogen-bond acceptors (Lipinski definition) is 2. The molecule has 2 rings (SSSR count). The van der Waals surface area contributed by atoms with Gasteiger partial charge in [-0.3, -0.25) is 0 Å². The van der Waals surface area contributed by atoms with Gasteiger partial charge in [0.15, 0.2) is 0 Å². The lowest BCUT2D eigenvalue weighted by atomic mass is 10.2. The van der Waals surface area contributed by atoms with Crippen LogP contribution in [0.5, 0.6) is 11.5 Å². The van der Waals surface area contributed by atoms with Crippen molar-refractivity contribution < 1.29 is 9.47 Å². The Morgan fingerprint density at radius 1 is 0.882 bits per heavy atom. The highest BCUT2D eigenvalue weighted by molar-refractivity contribution is 5.33. The Bertz CT molecular complexity index is 451. The van der Waals surface area contributed by atoms with Crippen molar-refractivity contribution in [3.8, 4) is 11.5 Å². The Balaban J connectivity index is 2.06. The highest BCUT2D eigenvalue weighted by Gasteiger charge is 1.98. The molecule has 88 valence electrons. The second kappa shape index (κ2) is 6.06. The van der Waals surface area contributed by atoms with E-state index in [2.05, 4.69) is 0 Å². The van der Waals surface area contributed by atoms with Gasteiger partial charge in [-0.05, 0) is 36.8 Å². The highest BCUT2D eigenvalue weighted by Crippen LogP contribution is 2.21. The van der Waals surface area contributed by atoms with Crippen LogP contribution in [0.4, 0.5) is 0 Å². The quantitative estimate of drug-likeness (QED) is 0.769. The third-order valence-electron chi connectivity index (χ3n) is 2.35.